The maximum Gasteiger partial charge on any atom is 0.255 e. The summed E-state index contributed by atoms with van der Waals surface area (Å²) in [6, 6.07) is 25.0. The molecule has 5 heterocycles. The van der Waals surface area contributed by atoms with Crippen LogP contribution < -0.4 is 24.6 Å². The number of nitrogens with zero attached hydrogens (tertiary/aromatic N) is 4. The summed E-state index contributed by atoms with van der Waals surface area (Å²) in [6.45, 7) is 6.81. The molecule has 3 atom stereocenters. The van der Waals surface area contributed by atoms with Crippen LogP contribution in [0.15, 0.2) is 78.9 Å². The zero-order valence-electron chi connectivity index (χ0n) is 32.2. The minimum atomic E-state index is -0.720. The van der Waals surface area contributed by atoms with E-state index < -0.39 is 17.8 Å². The summed E-state index contributed by atoms with van der Waals surface area (Å²) in [4.78, 5) is 45.7. The Morgan fingerprint density at radius 1 is 0.860 bits per heavy atom. The van der Waals surface area contributed by atoms with Gasteiger partial charge >= 0.3 is 0 Å². The minimum absolute atomic E-state index is 0.0560. The highest BCUT2D eigenvalue weighted by atomic mass is 19.1. The Kier molecular flexibility index (Phi) is 9.98. The first-order chi connectivity index (χ1) is 27.7. The lowest BCUT2D eigenvalue weighted by molar-refractivity contribution is -0.136. The molecule has 4 aromatic rings. The number of carbonyl (C=O) groups is 3. The predicted octanol–water partition coefficient (Wildman–Crippen LogP) is 5.65. The molecular formula is C45H48FN5O6. The van der Waals surface area contributed by atoms with Gasteiger partial charge in [-0.1, -0.05) is 30.3 Å². The number of hydrogen-bond donors (Lipinski definition) is 2. The Bertz CT molecular complexity index is 2180. The Labute approximate surface area is 331 Å². The van der Waals surface area contributed by atoms with Crippen molar-refractivity contribution < 1.29 is 33.4 Å². The van der Waals surface area contributed by atoms with E-state index in [9.17, 15) is 19.5 Å². The fraction of sp³-hybridized carbons (Fsp3) is 0.400. The van der Waals surface area contributed by atoms with Gasteiger partial charge in [-0.15, -0.1) is 0 Å². The average Bonchev–Trinajstić information content (AvgIpc) is 3.54. The molecule has 2 N–H and O–H groups in total. The summed E-state index contributed by atoms with van der Waals surface area (Å²) in [5.74, 6) is 0.879. The number of hydrogen-bond acceptors (Lipinski definition) is 9. The number of halogens is 1. The Morgan fingerprint density at radius 2 is 1.65 bits per heavy atom. The number of phenols is 1. The number of aromatic hydroxyl groups is 1. The van der Waals surface area contributed by atoms with Gasteiger partial charge in [0.05, 0.1) is 19.4 Å². The number of nitrogens with one attached hydrogen (secondary N) is 1. The van der Waals surface area contributed by atoms with Crippen molar-refractivity contribution in [2.24, 2.45) is 5.92 Å². The van der Waals surface area contributed by atoms with E-state index in [0.29, 0.717) is 36.9 Å². The lowest BCUT2D eigenvalue weighted by Gasteiger charge is -2.40. The number of phenolic OH excluding ortho intramolecular Hbond substituents is 1. The summed E-state index contributed by atoms with van der Waals surface area (Å²) in [5, 5.41) is 12.5. The van der Waals surface area contributed by atoms with Crippen molar-refractivity contribution in [3.8, 4) is 17.2 Å². The van der Waals surface area contributed by atoms with E-state index in [1.165, 1.54) is 22.2 Å². The molecule has 12 heteroatoms. The van der Waals surface area contributed by atoms with E-state index >= 15 is 4.39 Å². The Balaban J connectivity index is 0.796. The second-order valence-corrected chi connectivity index (χ2v) is 16.1. The monoisotopic (exact) mass is 773 g/mol. The van der Waals surface area contributed by atoms with E-state index in [2.05, 4.69) is 56.4 Å². The van der Waals surface area contributed by atoms with Crippen LogP contribution in [0.5, 0.6) is 17.2 Å². The van der Waals surface area contributed by atoms with E-state index in [-0.39, 0.29) is 48.8 Å². The average molecular weight is 774 g/mol. The van der Waals surface area contributed by atoms with Crippen molar-refractivity contribution in [1.29, 1.82) is 0 Å². The largest absolute Gasteiger partial charge is 0.508 e. The molecule has 3 fully saturated rings. The van der Waals surface area contributed by atoms with E-state index in [1.54, 1.807) is 25.3 Å². The van der Waals surface area contributed by atoms with Crippen molar-refractivity contribution in [2.45, 2.75) is 50.1 Å². The van der Waals surface area contributed by atoms with Crippen LogP contribution in [0.3, 0.4) is 0 Å². The van der Waals surface area contributed by atoms with Gasteiger partial charge in [0.15, 0.2) is 0 Å². The topological polar surface area (TPSA) is 115 Å². The zero-order chi connectivity index (χ0) is 39.2. The van der Waals surface area contributed by atoms with Crippen LogP contribution in [-0.2, 0) is 16.1 Å². The molecule has 0 bridgehead atoms. The van der Waals surface area contributed by atoms with Gasteiger partial charge in [-0.05, 0) is 84.3 Å². The van der Waals surface area contributed by atoms with Crippen molar-refractivity contribution in [2.75, 3.05) is 69.3 Å². The number of fused-ring (bicyclic) bond motifs is 2. The highest BCUT2D eigenvalue weighted by Gasteiger charge is 2.40. The molecule has 0 saturated carbocycles. The molecule has 0 unspecified atom stereocenters. The number of anilines is 2. The predicted molar refractivity (Wildman–Crippen MR) is 214 cm³/mol. The van der Waals surface area contributed by atoms with Crippen LogP contribution in [0.2, 0.25) is 0 Å². The van der Waals surface area contributed by atoms with Crippen LogP contribution in [-0.4, -0.2) is 98.2 Å². The molecule has 296 valence electrons. The highest BCUT2D eigenvalue weighted by molar-refractivity contribution is 6.05. The number of benzene rings is 4. The van der Waals surface area contributed by atoms with Gasteiger partial charge in [0.25, 0.3) is 5.91 Å². The molecule has 3 saturated heterocycles. The smallest absolute Gasteiger partial charge is 0.255 e. The molecule has 0 radical (unpaired) electrons. The summed E-state index contributed by atoms with van der Waals surface area (Å²) >= 11 is 0. The molecule has 3 amide bonds. The summed E-state index contributed by atoms with van der Waals surface area (Å²) in [6.07, 6.45) is 2.67. The number of piperazine rings is 1. The lowest BCUT2D eigenvalue weighted by Crippen LogP contribution is -2.52. The summed E-state index contributed by atoms with van der Waals surface area (Å²) in [5.41, 5.74) is 6.16. The second-order valence-electron chi connectivity index (χ2n) is 16.1. The van der Waals surface area contributed by atoms with E-state index in [0.717, 1.165) is 73.8 Å². The number of imide groups is 1. The molecule has 11 nitrogen and oxygen atoms in total. The third kappa shape index (κ3) is 7.27. The molecule has 5 aliphatic heterocycles. The van der Waals surface area contributed by atoms with Crippen molar-refractivity contribution >= 4 is 29.1 Å². The summed E-state index contributed by atoms with van der Waals surface area (Å²) in [7, 11) is 1.68. The van der Waals surface area contributed by atoms with Crippen LogP contribution in [0.1, 0.15) is 70.1 Å². The molecule has 57 heavy (non-hydrogen) atoms. The normalized spacial score (nSPS) is 22.9. The molecule has 0 spiro atoms. The summed E-state index contributed by atoms with van der Waals surface area (Å²) < 4.78 is 27.2. The SMILES string of the molecule is COc1cccc([C@H]2COc3cc(O)ccc3[C@H]2c2ccc(N3CCC(CN4CCN(c5cc6c(cc5F)C(=O)N([C@H]5CCC(=O)NC5=O)C6)CC4)CC3)cc2)c1. The third-order valence-corrected chi connectivity index (χ3v) is 12.7. The highest BCUT2D eigenvalue weighted by Crippen LogP contribution is 2.47. The molecule has 4 aromatic carbocycles. The van der Waals surface area contributed by atoms with Crippen LogP contribution in [0.25, 0.3) is 0 Å². The Hall–Kier alpha value is -5.62. The van der Waals surface area contributed by atoms with Crippen LogP contribution >= 0.6 is 0 Å². The van der Waals surface area contributed by atoms with E-state index in [1.807, 2.05) is 18.2 Å². The fourth-order valence-electron chi connectivity index (χ4n) is 9.59. The van der Waals surface area contributed by atoms with Gasteiger partial charge in [-0.2, -0.15) is 0 Å². The van der Waals surface area contributed by atoms with Crippen LogP contribution in [0, 0.1) is 11.7 Å². The zero-order valence-corrected chi connectivity index (χ0v) is 32.2. The van der Waals surface area contributed by atoms with Crippen molar-refractivity contribution in [1.82, 2.24) is 15.1 Å². The van der Waals surface area contributed by atoms with Crippen molar-refractivity contribution in [3.05, 3.63) is 112 Å². The standard InChI is InChI=1S/C45H48FN5O6/c1-56-34-4-2-3-30(21-34)37-27-57-41-23-33(52)9-10-35(41)43(37)29-5-7-32(8-6-29)49-15-13-28(14-16-49)25-48-17-19-50(20-18-48)40-22-31-26-51(45(55)36(31)24-38(40)46)39-11-12-42(53)47-44(39)54/h2-10,21-24,28,37,39,43,52H,11-20,25-27H2,1H3,(H,47,53,54)/t37-,39+,43-/m1/s1. The maximum absolute atomic E-state index is 15.5. The quantitative estimate of drug-likeness (QED) is 0.220. The Morgan fingerprint density at radius 3 is 2.40 bits per heavy atom. The number of amides is 3. The molecule has 9 rings (SSSR count). The van der Waals surface area contributed by atoms with Gasteiger partial charge in [-0.3, -0.25) is 24.6 Å². The first-order valence-corrected chi connectivity index (χ1v) is 20.1. The number of piperidine rings is 2. The van der Waals surface area contributed by atoms with Crippen LogP contribution in [0.4, 0.5) is 15.8 Å². The molecular weight excluding hydrogens is 726 g/mol. The van der Waals surface area contributed by atoms with Gasteiger partial charge in [-0.25, -0.2) is 4.39 Å². The van der Waals surface area contributed by atoms with Gasteiger partial charge in [0.1, 0.15) is 29.1 Å². The molecule has 0 aromatic heterocycles. The number of carbonyl (C=O) groups excluding carboxylic acids is 3. The van der Waals surface area contributed by atoms with E-state index in [4.69, 9.17) is 9.47 Å². The fourth-order valence-corrected chi connectivity index (χ4v) is 9.59. The molecule has 0 aliphatic carbocycles. The lowest BCUT2D eigenvalue weighted by atomic mass is 9.76. The first-order valence-electron chi connectivity index (χ1n) is 20.1. The maximum atomic E-state index is 15.5. The number of rotatable bonds is 8. The first kappa shape index (κ1) is 37.0. The number of ether oxygens (including phenoxy) is 2. The van der Waals surface area contributed by atoms with Gasteiger partial charge < -0.3 is 29.3 Å². The number of methoxy groups -OCH3 is 1. The molecule has 5 aliphatic rings. The second kappa shape index (κ2) is 15.4. The van der Waals surface area contributed by atoms with Gasteiger partial charge in [0.2, 0.25) is 11.8 Å². The van der Waals surface area contributed by atoms with Crippen molar-refractivity contribution in [3.63, 3.8) is 0 Å². The minimum Gasteiger partial charge on any atom is -0.508 e. The third-order valence-electron chi connectivity index (χ3n) is 12.7. The van der Waals surface area contributed by atoms with Gasteiger partial charge in [0, 0.05) is 93.5 Å².